The number of hydrogen-bond donors (Lipinski definition) is 1. The number of hydrogen-bond acceptors (Lipinski definition) is 6. The van der Waals surface area contributed by atoms with E-state index in [1.807, 2.05) is 13.8 Å². The molecule has 3 aromatic rings. The number of carbonyl (C=O) groups is 2. The Kier molecular flexibility index (Phi) is 6.78. The van der Waals surface area contributed by atoms with E-state index < -0.39 is 17.7 Å². The summed E-state index contributed by atoms with van der Waals surface area (Å²) in [7, 11) is 3.06. The molecule has 0 spiro atoms. The fraction of sp³-hybridized carbons (Fsp3) is 0.214. The first kappa shape index (κ1) is 23.9. The lowest BCUT2D eigenvalue weighted by molar-refractivity contribution is -0.132. The van der Waals surface area contributed by atoms with E-state index in [0.717, 1.165) is 0 Å². The van der Waals surface area contributed by atoms with Crippen molar-refractivity contribution in [3.05, 3.63) is 89.5 Å². The number of nitrogens with zero attached hydrogens (tertiary/aromatic N) is 1. The molecule has 1 unspecified atom stereocenters. The fourth-order valence-corrected chi connectivity index (χ4v) is 4.11. The molecular formula is C28H27NO6. The van der Waals surface area contributed by atoms with Crippen molar-refractivity contribution >= 4 is 23.1 Å². The summed E-state index contributed by atoms with van der Waals surface area (Å²) in [5.74, 6) is -0.0653. The van der Waals surface area contributed by atoms with Gasteiger partial charge in [-0.25, -0.2) is 0 Å². The number of Topliss-reactive ketones (excluding diaryl/α,β-unsaturated/α-hetero) is 1. The highest BCUT2D eigenvalue weighted by molar-refractivity contribution is 6.51. The number of ether oxygens (including phenoxy) is 3. The van der Waals surface area contributed by atoms with Gasteiger partial charge in [0.05, 0.1) is 31.9 Å². The Morgan fingerprint density at radius 1 is 0.857 bits per heavy atom. The summed E-state index contributed by atoms with van der Waals surface area (Å²) >= 11 is 0. The van der Waals surface area contributed by atoms with Crippen LogP contribution in [-0.2, 0) is 9.59 Å². The van der Waals surface area contributed by atoms with Gasteiger partial charge < -0.3 is 19.3 Å². The lowest BCUT2D eigenvalue weighted by Crippen LogP contribution is -2.29. The molecule has 0 radical (unpaired) electrons. The van der Waals surface area contributed by atoms with Crippen molar-refractivity contribution in [2.45, 2.75) is 26.0 Å². The van der Waals surface area contributed by atoms with Crippen molar-refractivity contribution in [1.82, 2.24) is 0 Å². The first-order chi connectivity index (χ1) is 16.8. The quantitative estimate of drug-likeness (QED) is 0.291. The van der Waals surface area contributed by atoms with Crippen LogP contribution in [0.1, 0.15) is 31.0 Å². The molecule has 0 aliphatic carbocycles. The van der Waals surface area contributed by atoms with Gasteiger partial charge in [-0.15, -0.1) is 0 Å². The van der Waals surface area contributed by atoms with Crippen molar-refractivity contribution in [3.8, 4) is 17.2 Å². The Morgan fingerprint density at radius 3 is 2.11 bits per heavy atom. The second-order valence-electron chi connectivity index (χ2n) is 8.34. The van der Waals surface area contributed by atoms with Gasteiger partial charge in [0, 0.05) is 11.3 Å². The number of methoxy groups -OCH3 is 2. The van der Waals surface area contributed by atoms with Gasteiger partial charge in [0.15, 0.2) is 0 Å². The largest absolute Gasteiger partial charge is 0.507 e. The number of rotatable bonds is 7. The number of aliphatic hydroxyl groups excluding tert-OH is 1. The summed E-state index contributed by atoms with van der Waals surface area (Å²) in [5.41, 5.74) is 1.48. The molecule has 3 aromatic carbocycles. The molecule has 1 amide bonds. The van der Waals surface area contributed by atoms with E-state index in [4.69, 9.17) is 14.2 Å². The van der Waals surface area contributed by atoms with Gasteiger partial charge in [0.25, 0.3) is 11.7 Å². The summed E-state index contributed by atoms with van der Waals surface area (Å²) in [5, 5.41) is 11.3. The van der Waals surface area contributed by atoms with Crippen LogP contribution in [0.5, 0.6) is 17.2 Å². The minimum atomic E-state index is -0.867. The zero-order valence-electron chi connectivity index (χ0n) is 20.0. The standard InChI is InChI=1S/C28H27NO6/c1-17(2)35-21-13-11-20(12-14-21)29-25(18-7-5-9-22(15-18)33-3)24(27(31)28(29)32)26(30)19-8-6-10-23(16-19)34-4/h5-17,25,30H,1-4H3/b26-24-. The second-order valence-corrected chi connectivity index (χ2v) is 8.34. The van der Waals surface area contributed by atoms with Gasteiger partial charge in [0.2, 0.25) is 0 Å². The Balaban J connectivity index is 1.89. The van der Waals surface area contributed by atoms with E-state index in [2.05, 4.69) is 0 Å². The van der Waals surface area contributed by atoms with Crippen LogP contribution in [0.15, 0.2) is 78.4 Å². The van der Waals surface area contributed by atoms with Crippen LogP contribution >= 0.6 is 0 Å². The lowest BCUT2D eigenvalue weighted by atomic mass is 9.95. The molecule has 1 fully saturated rings. The minimum absolute atomic E-state index is 0.00488. The van der Waals surface area contributed by atoms with Gasteiger partial charge in [0.1, 0.15) is 23.0 Å². The molecule has 7 nitrogen and oxygen atoms in total. The van der Waals surface area contributed by atoms with Crippen LogP contribution in [0.25, 0.3) is 5.76 Å². The predicted octanol–water partition coefficient (Wildman–Crippen LogP) is 5.12. The monoisotopic (exact) mass is 473 g/mol. The maximum atomic E-state index is 13.3. The van der Waals surface area contributed by atoms with E-state index in [1.165, 1.54) is 12.0 Å². The Bertz CT molecular complexity index is 1280. The fourth-order valence-electron chi connectivity index (χ4n) is 4.11. The van der Waals surface area contributed by atoms with E-state index in [-0.39, 0.29) is 17.4 Å². The lowest BCUT2D eigenvalue weighted by Gasteiger charge is -2.26. The van der Waals surface area contributed by atoms with Crippen molar-refractivity contribution < 1.29 is 28.9 Å². The van der Waals surface area contributed by atoms with Crippen LogP contribution in [0.2, 0.25) is 0 Å². The maximum Gasteiger partial charge on any atom is 0.300 e. The molecule has 0 aromatic heterocycles. The number of benzene rings is 3. The third-order valence-electron chi connectivity index (χ3n) is 5.68. The third-order valence-corrected chi connectivity index (χ3v) is 5.68. The number of amides is 1. The summed E-state index contributed by atoms with van der Waals surface area (Å²) in [6.07, 6.45) is -0.00488. The van der Waals surface area contributed by atoms with Gasteiger partial charge in [-0.2, -0.15) is 0 Å². The first-order valence-electron chi connectivity index (χ1n) is 11.2. The highest BCUT2D eigenvalue weighted by atomic mass is 16.5. The molecule has 1 aliphatic heterocycles. The van der Waals surface area contributed by atoms with Crippen molar-refractivity contribution in [2.24, 2.45) is 0 Å². The molecule has 7 heteroatoms. The van der Waals surface area contributed by atoms with Gasteiger partial charge in [-0.1, -0.05) is 24.3 Å². The van der Waals surface area contributed by atoms with E-state index in [9.17, 15) is 14.7 Å². The normalized spacial score (nSPS) is 17.1. The summed E-state index contributed by atoms with van der Waals surface area (Å²) in [6, 6.07) is 19.9. The minimum Gasteiger partial charge on any atom is -0.507 e. The van der Waals surface area contributed by atoms with Crippen LogP contribution in [0.4, 0.5) is 5.69 Å². The highest BCUT2D eigenvalue weighted by Gasteiger charge is 2.47. The van der Waals surface area contributed by atoms with Gasteiger partial charge in [-0.3, -0.25) is 14.5 Å². The average molecular weight is 474 g/mol. The van der Waals surface area contributed by atoms with Crippen molar-refractivity contribution in [1.29, 1.82) is 0 Å². The molecule has 0 saturated carbocycles. The third kappa shape index (κ3) is 4.71. The number of anilines is 1. The molecule has 0 bridgehead atoms. The molecule has 180 valence electrons. The average Bonchev–Trinajstić information content (AvgIpc) is 3.14. The van der Waals surface area contributed by atoms with Crippen molar-refractivity contribution in [2.75, 3.05) is 19.1 Å². The molecule has 1 N–H and O–H groups in total. The van der Waals surface area contributed by atoms with Crippen LogP contribution in [0.3, 0.4) is 0 Å². The second kappa shape index (κ2) is 9.93. The topological polar surface area (TPSA) is 85.3 Å². The molecule has 1 aliphatic rings. The Morgan fingerprint density at radius 2 is 1.49 bits per heavy atom. The summed E-state index contributed by atoms with van der Waals surface area (Å²) < 4.78 is 16.3. The summed E-state index contributed by atoms with van der Waals surface area (Å²) in [6.45, 7) is 3.85. The van der Waals surface area contributed by atoms with Crippen LogP contribution < -0.4 is 19.1 Å². The summed E-state index contributed by atoms with van der Waals surface area (Å²) in [4.78, 5) is 28.0. The molecular weight excluding hydrogens is 446 g/mol. The van der Waals surface area contributed by atoms with E-state index in [0.29, 0.717) is 34.1 Å². The molecule has 1 saturated heterocycles. The molecule has 1 atom stereocenters. The van der Waals surface area contributed by atoms with Crippen LogP contribution in [0, 0.1) is 0 Å². The van der Waals surface area contributed by atoms with E-state index in [1.54, 1.807) is 79.9 Å². The zero-order valence-corrected chi connectivity index (χ0v) is 20.0. The molecule has 4 rings (SSSR count). The number of carbonyl (C=O) groups excluding carboxylic acids is 2. The molecule has 35 heavy (non-hydrogen) atoms. The maximum absolute atomic E-state index is 13.3. The number of ketones is 1. The van der Waals surface area contributed by atoms with Crippen molar-refractivity contribution in [3.63, 3.8) is 0 Å². The highest BCUT2D eigenvalue weighted by Crippen LogP contribution is 2.43. The Labute approximate surface area is 204 Å². The Hall–Kier alpha value is -4.26. The van der Waals surface area contributed by atoms with Gasteiger partial charge in [-0.05, 0) is 67.9 Å². The zero-order chi connectivity index (χ0) is 25.1. The van der Waals surface area contributed by atoms with E-state index >= 15 is 0 Å². The van der Waals surface area contributed by atoms with Gasteiger partial charge >= 0.3 is 0 Å². The number of aliphatic hydroxyl groups is 1. The first-order valence-corrected chi connectivity index (χ1v) is 11.2. The van der Waals surface area contributed by atoms with Crippen LogP contribution in [-0.4, -0.2) is 37.1 Å². The SMILES string of the molecule is COc1cccc(/C(O)=C2/C(=O)C(=O)N(c3ccc(OC(C)C)cc3)C2c2cccc(OC)c2)c1. The predicted molar refractivity (Wildman–Crippen MR) is 133 cm³/mol. The molecule has 1 heterocycles. The smallest absolute Gasteiger partial charge is 0.300 e.